The second kappa shape index (κ2) is 12.2. The molecule has 2 aromatic carbocycles. The first kappa shape index (κ1) is 25.9. The van der Waals surface area contributed by atoms with Gasteiger partial charge in [-0.15, -0.1) is 0 Å². The Hall–Kier alpha value is -2.70. The van der Waals surface area contributed by atoms with Crippen LogP contribution in [-0.2, 0) is 15.0 Å². The van der Waals surface area contributed by atoms with Crippen molar-refractivity contribution in [1.82, 2.24) is 9.80 Å². The second-order valence-electron chi connectivity index (χ2n) is 11.2. The number of nitrogens with zero attached hydrogens (tertiary/aromatic N) is 2. The van der Waals surface area contributed by atoms with E-state index in [1.165, 1.54) is 62.5 Å². The first-order valence-electron chi connectivity index (χ1n) is 14.4. The summed E-state index contributed by atoms with van der Waals surface area (Å²) >= 11 is 0. The van der Waals surface area contributed by atoms with Gasteiger partial charge in [0.1, 0.15) is 0 Å². The lowest BCUT2D eigenvalue weighted by Crippen LogP contribution is -2.31. The van der Waals surface area contributed by atoms with E-state index in [2.05, 4.69) is 69.0 Å². The number of amides is 2. The van der Waals surface area contributed by atoms with Gasteiger partial charge in [-0.1, -0.05) is 49.9 Å². The van der Waals surface area contributed by atoms with E-state index < -0.39 is 0 Å². The molecule has 0 bridgehead atoms. The van der Waals surface area contributed by atoms with Crippen molar-refractivity contribution in [2.45, 2.75) is 69.6 Å². The Kier molecular flexibility index (Phi) is 8.57. The monoisotopic (exact) mass is 502 g/mol. The average Bonchev–Trinajstić information content (AvgIpc) is 3.55. The fourth-order valence-electron chi connectivity index (χ4n) is 6.51. The molecule has 0 aromatic heterocycles. The predicted octanol–water partition coefficient (Wildman–Crippen LogP) is 5.40. The van der Waals surface area contributed by atoms with Crippen LogP contribution >= 0.6 is 0 Å². The van der Waals surface area contributed by atoms with Crippen molar-refractivity contribution in [2.24, 2.45) is 0 Å². The number of hydrogen-bond acceptors (Lipinski definition) is 4. The van der Waals surface area contributed by atoms with Gasteiger partial charge in [0.2, 0.25) is 11.8 Å². The Morgan fingerprint density at radius 2 is 0.946 bits per heavy atom. The largest absolute Gasteiger partial charge is 0.325 e. The van der Waals surface area contributed by atoms with Crippen LogP contribution in [-0.4, -0.2) is 60.9 Å². The highest BCUT2D eigenvalue weighted by molar-refractivity contribution is 5.92. The van der Waals surface area contributed by atoms with Gasteiger partial charge in [0, 0.05) is 16.8 Å². The summed E-state index contributed by atoms with van der Waals surface area (Å²) in [7, 11) is 0. The number of carbonyl (C=O) groups is 2. The number of anilines is 2. The number of hydrogen-bond donors (Lipinski definition) is 2. The van der Waals surface area contributed by atoms with Gasteiger partial charge in [0.05, 0.1) is 13.1 Å². The summed E-state index contributed by atoms with van der Waals surface area (Å²) in [5.74, 6) is 0.141. The molecule has 6 heteroatoms. The fraction of sp³-hybridized carbons (Fsp3) is 0.548. The van der Waals surface area contributed by atoms with Gasteiger partial charge in [-0.3, -0.25) is 19.4 Å². The topological polar surface area (TPSA) is 64.7 Å². The zero-order valence-corrected chi connectivity index (χ0v) is 22.1. The Morgan fingerprint density at radius 3 is 1.32 bits per heavy atom. The van der Waals surface area contributed by atoms with Crippen molar-refractivity contribution in [3.05, 3.63) is 59.7 Å². The Balaban J connectivity index is 1.28. The molecule has 198 valence electrons. The summed E-state index contributed by atoms with van der Waals surface area (Å²) in [5, 5.41) is 6.18. The van der Waals surface area contributed by atoms with Crippen molar-refractivity contribution in [3.8, 4) is 0 Å². The Morgan fingerprint density at radius 1 is 0.568 bits per heavy atom. The third-order valence-corrected chi connectivity index (χ3v) is 8.53. The maximum absolute atomic E-state index is 12.5. The van der Waals surface area contributed by atoms with Crippen LogP contribution in [0.25, 0.3) is 0 Å². The van der Waals surface area contributed by atoms with Crippen LogP contribution in [0.1, 0.15) is 75.3 Å². The maximum Gasteiger partial charge on any atom is 0.238 e. The minimum atomic E-state index is -0.0350. The lowest BCUT2D eigenvalue weighted by atomic mass is 9.69. The highest BCUT2D eigenvalue weighted by Crippen LogP contribution is 2.44. The highest BCUT2D eigenvalue weighted by Gasteiger charge is 2.34. The quantitative estimate of drug-likeness (QED) is 0.475. The van der Waals surface area contributed by atoms with Gasteiger partial charge < -0.3 is 10.6 Å². The first-order chi connectivity index (χ1) is 18.1. The number of likely N-dealkylation sites (tertiary alicyclic amines) is 2. The van der Waals surface area contributed by atoms with E-state index in [0.29, 0.717) is 13.1 Å². The lowest BCUT2D eigenvalue weighted by molar-refractivity contribution is -0.117. The lowest BCUT2D eigenvalue weighted by Gasteiger charge is -2.35. The van der Waals surface area contributed by atoms with E-state index >= 15 is 0 Å². The van der Waals surface area contributed by atoms with Crippen molar-refractivity contribution < 1.29 is 9.59 Å². The molecule has 0 unspecified atom stereocenters. The molecule has 37 heavy (non-hydrogen) atoms. The van der Waals surface area contributed by atoms with Gasteiger partial charge in [0.25, 0.3) is 0 Å². The second-order valence-corrected chi connectivity index (χ2v) is 11.2. The number of rotatable bonds is 8. The van der Waals surface area contributed by atoms with Gasteiger partial charge >= 0.3 is 0 Å². The molecule has 0 spiro atoms. The number of benzene rings is 2. The van der Waals surface area contributed by atoms with Crippen molar-refractivity contribution in [2.75, 3.05) is 49.9 Å². The third kappa shape index (κ3) is 6.60. The molecule has 2 N–H and O–H groups in total. The van der Waals surface area contributed by atoms with Crippen LogP contribution in [0.5, 0.6) is 0 Å². The zero-order valence-electron chi connectivity index (χ0n) is 22.1. The van der Waals surface area contributed by atoms with Crippen LogP contribution < -0.4 is 10.6 Å². The smallest absolute Gasteiger partial charge is 0.238 e. The van der Waals surface area contributed by atoms with E-state index in [9.17, 15) is 9.59 Å². The van der Waals surface area contributed by atoms with Gasteiger partial charge in [-0.05, 0) is 100 Å². The van der Waals surface area contributed by atoms with Crippen LogP contribution in [0, 0.1) is 0 Å². The molecular formula is C31H42N4O2. The zero-order chi connectivity index (χ0) is 25.5. The van der Waals surface area contributed by atoms with E-state index in [1.54, 1.807) is 0 Å². The molecule has 2 saturated heterocycles. The Labute approximate surface area is 221 Å². The molecule has 1 aliphatic carbocycles. The van der Waals surface area contributed by atoms with Crippen molar-refractivity contribution >= 4 is 23.2 Å². The van der Waals surface area contributed by atoms with Gasteiger partial charge in [-0.2, -0.15) is 0 Å². The third-order valence-electron chi connectivity index (χ3n) is 8.53. The average molecular weight is 503 g/mol. The van der Waals surface area contributed by atoms with Crippen LogP contribution in [0.15, 0.2) is 48.5 Å². The van der Waals surface area contributed by atoms with Gasteiger partial charge in [0.15, 0.2) is 0 Å². The Bertz CT molecular complexity index is 952. The van der Waals surface area contributed by atoms with E-state index in [0.717, 1.165) is 50.4 Å². The molecule has 5 rings (SSSR count). The molecule has 2 aromatic rings. The van der Waals surface area contributed by atoms with Crippen LogP contribution in [0.2, 0.25) is 0 Å². The standard InChI is InChI=1S/C31H42N4O2/c36-29(23-34-19-5-6-20-34)32-27-13-9-25(10-14-27)31(17-3-1-2-4-18-31)26-11-15-28(16-12-26)33-30(37)24-35-21-7-8-22-35/h9-16H,1-8,17-24H2,(H,32,36)(H,33,37). The summed E-state index contributed by atoms with van der Waals surface area (Å²) in [5.41, 5.74) is 4.34. The fourth-order valence-corrected chi connectivity index (χ4v) is 6.51. The summed E-state index contributed by atoms with van der Waals surface area (Å²) in [6.45, 7) is 5.05. The van der Waals surface area contributed by atoms with E-state index in [4.69, 9.17) is 0 Å². The number of carbonyl (C=O) groups excluding carboxylic acids is 2. The summed E-state index contributed by atoms with van der Waals surface area (Å²) in [4.78, 5) is 29.5. The molecule has 2 amide bonds. The predicted molar refractivity (Wildman–Crippen MR) is 150 cm³/mol. The van der Waals surface area contributed by atoms with Crippen molar-refractivity contribution in [1.29, 1.82) is 0 Å². The summed E-state index contributed by atoms with van der Waals surface area (Å²) in [6.07, 6.45) is 12.0. The molecular weight excluding hydrogens is 460 g/mol. The molecule has 6 nitrogen and oxygen atoms in total. The van der Waals surface area contributed by atoms with Crippen molar-refractivity contribution in [3.63, 3.8) is 0 Å². The van der Waals surface area contributed by atoms with E-state index in [-0.39, 0.29) is 17.2 Å². The number of nitrogens with one attached hydrogen (secondary N) is 2. The van der Waals surface area contributed by atoms with E-state index in [1.807, 2.05) is 0 Å². The molecule has 2 aliphatic heterocycles. The molecule has 1 saturated carbocycles. The van der Waals surface area contributed by atoms with Crippen LogP contribution in [0.4, 0.5) is 11.4 Å². The SMILES string of the molecule is O=C(CN1CCCC1)Nc1ccc(C2(c3ccc(NC(=O)CN4CCCC4)cc3)CCCCCC2)cc1. The normalized spacial score (nSPS) is 20.4. The molecule has 2 heterocycles. The molecule has 3 fully saturated rings. The highest BCUT2D eigenvalue weighted by atomic mass is 16.2. The molecule has 0 radical (unpaired) electrons. The minimum Gasteiger partial charge on any atom is -0.325 e. The summed E-state index contributed by atoms with van der Waals surface area (Å²) < 4.78 is 0. The maximum atomic E-state index is 12.5. The van der Waals surface area contributed by atoms with Crippen LogP contribution in [0.3, 0.4) is 0 Å². The minimum absolute atomic E-state index is 0.0350. The molecule has 0 atom stereocenters. The first-order valence-corrected chi connectivity index (χ1v) is 14.4. The van der Waals surface area contributed by atoms with Gasteiger partial charge in [-0.25, -0.2) is 0 Å². The molecule has 3 aliphatic rings. The summed E-state index contributed by atoms with van der Waals surface area (Å²) in [6, 6.07) is 17.1.